The van der Waals surface area contributed by atoms with Crippen molar-refractivity contribution in [2.75, 3.05) is 6.61 Å². The van der Waals surface area contributed by atoms with Gasteiger partial charge in [0.1, 0.15) is 0 Å². The van der Waals surface area contributed by atoms with Gasteiger partial charge in [0.15, 0.2) is 0 Å². The van der Waals surface area contributed by atoms with Gasteiger partial charge in [0.2, 0.25) is 0 Å². The van der Waals surface area contributed by atoms with Gasteiger partial charge >= 0.3 is 5.97 Å². The normalized spacial score (nSPS) is 10.1. The van der Waals surface area contributed by atoms with Crippen LogP contribution in [0, 0.1) is 0 Å². The molecule has 0 unspecified atom stereocenters. The number of rotatable bonds is 4. The Kier molecular flexibility index (Phi) is 4.35. The zero-order chi connectivity index (χ0) is 11.3. The summed E-state index contributed by atoms with van der Waals surface area (Å²) in [6, 6.07) is 5.97. The minimum atomic E-state index is -0.220. The number of hydrogen-bond acceptors (Lipinski definition) is 2. The van der Waals surface area contributed by atoms with E-state index >= 15 is 0 Å². The van der Waals surface area contributed by atoms with Crippen LogP contribution < -0.4 is 0 Å². The lowest BCUT2D eigenvalue weighted by Gasteiger charge is -2.06. The molecule has 0 fully saturated rings. The van der Waals surface area contributed by atoms with Crippen molar-refractivity contribution < 1.29 is 9.53 Å². The van der Waals surface area contributed by atoms with Crippen LogP contribution in [0.5, 0.6) is 0 Å². The smallest absolute Gasteiger partial charge is 0.338 e. The molecule has 0 heterocycles. The zero-order valence-electron chi connectivity index (χ0n) is 9.67. The minimum Gasteiger partial charge on any atom is -0.462 e. The van der Waals surface area contributed by atoms with Gasteiger partial charge in [-0.25, -0.2) is 4.79 Å². The fourth-order valence-corrected chi connectivity index (χ4v) is 1.50. The number of benzene rings is 1. The second-order valence-electron chi connectivity index (χ2n) is 3.47. The van der Waals surface area contributed by atoms with Crippen molar-refractivity contribution in [3.8, 4) is 0 Å². The molecule has 0 saturated heterocycles. The lowest BCUT2D eigenvalue weighted by atomic mass is 10.0. The van der Waals surface area contributed by atoms with E-state index in [4.69, 9.17) is 4.74 Å². The summed E-state index contributed by atoms with van der Waals surface area (Å²) in [5, 5.41) is 0. The van der Waals surface area contributed by atoms with Gasteiger partial charge in [-0.3, -0.25) is 0 Å². The van der Waals surface area contributed by atoms with Crippen molar-refractivity contribution >= 4 is 5.97 Å². The van der Waals surface area contributed by atoms with Crippen molar-refractivity contribution in [1.82, 2.24) is 0 Å². The fraction of sp³-hybridized carbons (Fsp3) is 0.462. The van der Waals surface area contributed by atoms with Crippen LogP contribution in [-0.2, 0) is 17.6 Å². The van der Waals surface area contributed by atoms with Crippen LogP contribution in [0.4, 0.5) is 0 Å². The molecule has 0 radical (unpaired) electrons. The SMILES string of the molecule is CCOC(=O)c1cc(CC)cc(CC)c1. The number of esters is 1. The van der Waals surface area contributed by atoms with Gasteiger partial charge in [0, 0.05) is 0 Å². The summed E-state index contributed by atoms with van der Waals surface area (Å²) in [7, 11) is 0. The molecule has 0 aliphatic carbocycles. The Morgan fingerprint density at radius 1 is 1.07 bits per heavy atom. The molecular formula is C13H18O2. The Balaban J connectivity index is 3.01. The topological polar surface area (TPSA) is 26.3 Å². The molecular weight excluding hydrogens is 188 g/mol. The lowest BCUT2D eigenvalue weighted by Crippen LogP contribution is -2.06. The average Bonchev–Trinajstić information content (AvgIpc) is 2.28. The Hall–Kier alpha value is -1.31. The summed E-state index contributed by atoms with van der Waals surface area (Å²) in [5.41, 5.74) is 3.06. The number of ether oxygens (including phenoxy) is 1. The van der Waals surface area contributed by atoms with E-state index in [9.17, 15) is 4.79 Å². The van der Waals surface area contributed by atoms with Crippen LogP contribution in [0.25, 0.3) is 0 Å². The van der Waals surface area contributed by atoms with Crippen LogP contribution in [0.15, 0.2) is 18.2 Å². The molecule has 0 aliphatic rings. The van der Waals surface area contributed by atoms with E-state index in [0.717, 1.165) is 12.8 Å². The number of carbonyl (C=O) groups is 1. The predicted octanol–water partition coefficient (Wildman–Crippen LogP) is 2.99. The van der Waals surface area contributed by atoms with E-state index in [1.165, 1.54) is 11.1 Å². The lowest BCUT2D eigenvalue weighted by molar-refractivity contribution is 0.0526. The summed E-state index contributed by atoms with van der Waals surface area (Å²) < 4.78 is 4.99. The molecule has 0 spiro atoms. The summed E-state index contributed by atoms with van der Waals surface area (Å²) in [5.74, 6) is -0.220. The highest BCUT2D eigenvalue weighted by Crippen LogP contribution is 2.13. The molecule has 0 N–H and O–H groups in total. The summed E-state index contributed by atoms with van der Waals surface area (Å²) >= 11 is 0. The first-order chi connectivity index (χ1) is 7.21. The van der Waals surface area contributed by atoms with E-state index in [2.05, 4.69) is 19.9 Å². The second kappa shape index (κ2) is 5.54. The first-order valence-electron chi connectivity index (χ1n) is 5.51. The van der Waals surface area contributed by atoms with E-state index < -0.39 is 0 Å². The summed E-state index contributed by atoms with van der Waals surface area (Å²) in [6.07, 6.45) is 1.89. The Morgan fingerprint density at radius 2 is 1.60 bits per heavy atom. The molecule has 0 amide bonds. The van der Waals surface area contributed by atoms with Crippen molar-refractivity contribution in [2.24, 2.45) is 0 Å². The quantitative estimate of drug-likeness (QED) is 0.708. The van der Waals surface area contributed by atoms with Crippen LogP contribution in [0.3, 0.4) is 0 Å². The van der Waals surface area contributed by atoms with Gasteiger partial charge in [0.05, 0.1) is 12.2 Å². The molecule has 1 aromatic carbocycles. The van der Waals surface area contributed by atoms with Crippen molar-refractivity contribution in [2.45, 2.75) is 33.6 Å². The average molecular weight is 206 g/mol. The van der Waals surface area contributed by atoms with Gasteiger partial charge in [0.25, 0.3) is 0 Å². The first-order valence-corrected chi connectivity index (χ1v) is 5.51. The van der Waals surface area contributed by atoms with E-state index in [0.29, 0.717) is 12.2 Å². The highest BCUT2D eigenvalue weighted by atomic mass is 16.5. The van der Waals surface area contributed by atoms with Gasteiger partial charge < -0.3 is 4.74 Å². The Labute approximate surface area is 91.3 Å². The van der Waals surface area contributed by atoms with Crippen molar-refractivity contribution in [3.63, 3.8) is 0 Å². The fourth-order valence-electron chi connectivity index (χ4n) is 1.50. The molecule has 15 heavy (non-hydrogen) atoms. The summed E-state index contributed by atoms with van der Waals surface area (Å²) in [6.45, 7) is 6.42. The molecule has 0 aliphatic heterocycles. The van der Waals surface area contributed by atoms with E-state index in [-0.39, 0.29) is 5.97 Å². The molecule has 1 rings (SSSR count). The van der Waals surface area contributed by atoms with Crippen LogP contribution in [0.2, 0.25) is 0 Å². The zero-order valence-corrected chi connectivity index (χ0v) is 9.67. The van der Waals surface area contributed by atoms with E-state index in [1.54, 1.807) is 0 Å². The molecule has 0 saturated carbocycles. The molecule has 0 atom stereocenters. The number of hydrogen-bond donors (Lipinski definition) is 0. The second-order valence-corrected chi connectivity index (χ2v) is 3.47. The maximum absolute atomic E-state index is 11.6. The van der Waals surface area contributed by atoms with Crippen LogP contribution >= 0.6 is 0 Å². The third kappa shape index (κ3) is 3.08. The molecule has 82 valence electrons. The molecule has 0 bridgehead atoms. The predicted molar refractivity (Wildman–Crippen MR) is 61.2 cm³/mol. The van der Waals surface area contributed by atoms with Gasteiger partial charge in [-0.1, -0.05) is 19.9 Å². The highest BCUT2D eigenvalue weighted by molar-refractivity contribution is 5.89. The monoisotopic (exact) mass is 206 g/mol. The standard InChI is InChI=1S/C13H18O2/c1-4-10-7-11(5-2)9-12(8-10)13(14)15-6-3/h7-9H,4-6H2,1-3H3. The highest BCUT2D eigenvalue weighted by Gasteiger charge is 2.08. The van der Waals surface area contributed by atoms with E-state index in [1.807, 2.05) is 19.1 Å². The van der Waals surface area contributed by atoms with Crippen molar-refractivity contribution in [3.05, 3.63) is 34.9 Å². The maximum Gasteiger partial charge on any atom is 0.338 e. The van der Waals surface area contributed by atoms with Gasteiger partial charge in [-0.05, 0) is 43.0 Å². The Morgan fingerprint density at radius 3 is 2.00 bits per heavy atom. The van der Waals surface area contributed by atoms with Crippen molar-refractivity contribution in [1.29, 1.82) is 0 Å². The number of carbonyl (C=O) groups excluding carboxylic acids is 1. The van der Waals surface area contributed by atoms with Crippen LogP contribution in [-0.4, -0.2) is 12.6 Å². The third-order valence-corrected chi connectivity index (χ3v) is 2.38. The van der Waals surface area contributed by atoms with Gasteiger partial charge in [-0.15, -0.1) is 0 Å². The molecule has 2 heteroatoms. The molecule has 1 aromatic rings. The molecule has 2 nitrogen and oxygen atoms in total. The number of aryl methyl sites for hydroxylation is 2. The summed E-state index contributed by atoms with van der Waals surface area (Å²) in [4.78, 5) is 11.6. The largest absolute Gasteiger partial charge is 0.462 e. The van der Waals surface area contributed by atoms with Gasteiger partial charge in [-0.2, -0.15) is 0 Å². The third-order valence-electron chi connectivity index (χ3n) is 2.38. The first kappa shape index (κ1) is 11.8. The minimum absolute atomic E-state index is 0.220. The van der Waals surface area contributed by atoms with Crippen LogP contribution in [0.1, 0.15) is 42.3 Å². The molecule has 0 aromatic heterocycles. The maximum atomic E-state index is 11.6. The Bertz CT molecular complexity index is 320.